The van der Waals surface area contributed by atoms with Crippen molar-refractivity contribution in [1.82, 2.24) is 0 Å². The molecular weight excluding hydrogens is 303 g/mol. The van der Waals surface area contributed by atoms with Crippen molar-refractivity contribution in [3.05, 3.63) is 82.4 Å². The predicted molar refractivity (Wildman–Crippen MR) is 88.2 cm³/mol. The molecule has 108 valence electrons. The lowest BCUT2D eigenvalue weighted by atomic mass is 9.73. The van der Waals surface area contributed by atoms with Crippen LogP contribution in [-0.2, 0) is 10.2 Å². The van der Waals surface area contributed by atoms with E-state index in [1.165, 1.54) is 11.1 Å². The van der Waals surface area contributed by atoms with Crippen molar-refractivity contribution in [2.45, 2.75) is 17.9 Å². The molecule has 0 aliphatic carbocycles. The summed E-state index contributed by atoms with van der Waals surface area (Å²) in [6.07, 6.45) is 2.81. The van der Waals surface area contributed by atoms with Crippen LogP contribution in [0.5, 0.6) is 0 Å². The number of halogens is 2. The zero-order valence-electron chi connectivity index (χ0n) is 11.6. The Hall–Kier alpha value is -1.28. The molecule has 1 nitrogen and oxygen atoms in total. The number of hydrogen-bond acceptors (Lipinski definition) is 1. The fourth-order valence-electron chi connectivity index (χ4n) is 2.97. The molecule has 0 amide bonds. The molecule has 1 aliphatic heterocycles. The molecule has 3 heteroatoms. The Labute approximate surface area is 135 Å². The van der Waals surface area contributed by atoms with Gasteiger partial charge in [0.15, 0.2) is 0 Å². The number of ether oxygens (including phenoxy) is 1. The average molecular weight is 319 g/mol. The van der Waals surface area contributed by atoms with Crippen molar-refractivity contribution in [2.24, 2.45) is 0 Å². The van der Waals surface area contributed by atoms with E-state index in [4.69, 9.17) is 27.9 Å². The van der Waals surface area contributed by atoms with Gasteiger partial charge < -0.3 is 4.74 Å². The van der Waals surface area contributed by atoms with Gasteiger partial charge in [0.25, 0.3) is 0 Å². The van der Waals surface area contributed by atoms with Crippen molar-refractivity contribution >= 4 is 23.2 Å². The van der Waals surface area contributed by atoms with E-state index in [0.29, 0.717) is 6.61 Å². The molecule has 1 fully saturated rings. The first-order valence-corrected chi connectivity index (χ1v) is 7.66. The van der Waals surface area contributed by atoms with Gasteiger partial charge in [-0.2, -0.15) is 0 Å². The van der Waals surface area contributed by atoms with Crippen LogP contribution in [0.3, 0.4) is 0 Å². The minimum Gasteiger partial charge on any atom is -0.373 e. The number of rotatable bonds is 3. The highest BCUT2D eigenvalue weighted by atomic mass is 35.5. The second-order valence-corrected chi connectivity index (χ2v) is 6.26. The van der Waals surface area contributed by atoms with Crippen LogP contribution >= 0.6 is 23.2 Å². The van der Waals surface area contributed by atoms with Gasteiger partial charge in [-0.25, -0.2) is 0 Å². The van der Waals surface area contributed by atoms with E-state index in [2.05, 4.69) is 30.8 Å². The van der Waals surface area contributed by atoms with Crippen LogP contribution in [0.25, 0.3) is 0 Å². The van der Waals surface area contributed by atoms with Crippen molar-refractivity contribution in [3.63, 3.8) is 0 Å². The van der Waals surface area contributed by atoms with Gasteiger partial charge in [-0.15, -0.1) is 6.58 Å². The van der Waals surface area contributed by atoms with Crippen LogP contribution in [0.1, 0.15) is 17.5 Å². The van der Waals surface area contributed by atoms with Crippen molar-refractivity contribution < 1.29 is 4.74 Å². The Bertz CT molecular complexity index is 586. The molecule has 0 bridgehead atoms. The minimum atomic E-state index is -0.173. The molecule has 21 heavy (non-hydrogen) atoms. The lowest BCUT2D eigenvalue weighted by Gasteiger charge is -2.29. The predicted octanol–water partition coefficient (Wildman–Crippen LogP) is 5.25. The van der Waals surface area contributed by atoms with Crippen molar-refractivity contribution in [3.8, 4) is 0 Å². The molecule has 0 aromatic heterocycles. The van der Waals surface area contributed by atoms with Crippen LogP contribution in [-0.4, -0.2) is 12.7 Å². The lowest BCUT2D eigenvalue weighted by molar-refractivity contribution is 0.138. The summed E-state index contributed by atoms with van der Waals surface area (Å²) in [5.41, 5.74) is 2.24. The van der Waals surface area contributed by atoms with Crippen LogP contribution < -0.4 is 0 Å². The zero-order valence-corrected chi connectivity index (χ0v) is 13.1. The van der Waals surface area contributed by atoms with E-state index < -0.39 is 0 Å². The zero-order chi connectivity index (χ0) is 14.9. The van der Waals surface area contributed by atoms with Gasteiger partial charge in [0.1, 0.15) is 0 Å². The van der Waals surface area contributed by atoms with Crippen LogP contribution in [0.4, 0.5) is 0 Å². The van der Waals surface area contributed by atoms with Crippen LogP contribution in [0.15, 0.2) is 61.2 Å². The quantitative estimate of drug-likeness (QED) is 0.702. The van der Waals surface area contributed by atoms with E-state index in [9.17, 15) is 0 Å². The molecule has 0 spiro atoms. The van der Waals surface area contributed by atoms with Crippen molar-refractivity contribution in [1.29, 1.82) is 0 Å². The Morgan fingerprint density at radius 2 is 1.43 bits per heavy atom. The Morgan fingerprint density at radius 3 is 1.81 bits per heavy atom. The molecule has 1 atom stereocenters. The Kier molecular flexibility index (Phi) is 4.08. The summed E-state index contributed by atoms with van der Waals surface area (Å²) < 4.78 is 5.90. The van der Waals surface area contributed by atoms with Gasteiger partial charge in [0.2, 0.25) is 0 Å². The Balaban J connectivity index is 2.09. The highest BCUT2D eigenvalue weighted by Crippen LogP contribution is 2.43. The first kappa shape index (κ1) is 14.6. The fraction of sp³-hybridized carbons (Fsp3) is 0.222. The Morgan fingerprint density at radius 1 is 0.952 bits per heavy atom. The normalized spacial score (nSPS) is 20.4. The molecule has 0 radical (unpaired) electrons. The third kappa shape index (κ3) is 2.74. The SMILES string of the molecule is C=C[C@@H]1CC(c2ccc(Cl)cc2)(c2ccc(Cl)cc2)CO1. The monoisotopic (exact) mass is 318 g/mol. The topological polar surface area (TPSA) is 9.23 Å². The van der Waals surface area contributed by atoms with Gasteiger partial charge in [-0.1, -0.05) is 53.5 Å². The molecule has 1 heterocycles. The van der Waals surface area contributed by atoms with Gasteiger partial charge in [-0.3, -0.25) is 0 Å². The largest absolute Gasteiger partial charge is 0.373 e. The van der Waals surface area contributed by atoms with Gasteiger partial charge in [0.05, 0.1) is 12.7 Å². The summed E-state index contributed by atoms with van der Waals surface area (Å²) in [7, 11) is 0. The van der Waals surface area contributed by atoms with Gasteiger partial charge in [0, 0.05) is 15.5 Å². The van der Waals surface area contributed by atoms with Crippen LogP contribution in [0.2, 0.25) is 10.0 Å². The molecule has 0 saturated carbocycles. The maximum absolute atomic E-state index is 6.02. The summed E-state index contributed by atoms with van der Waals surface area (Å²) in [5, 5.41) is 1.48. The second kappa shape index (κ2) is 5.84. The molecule has 2 aromatic rings. The van der Waals surface area contributed by atoms with E-state index >= 15 is 0 Å². The molecule has 1 aliphatic rings. The molecule has 0 unspecified atom stereocenters. The summed E-state index contributed by atoms with van der Waals surface area (Å²) in [6.45, 7) is 4.49. The van der Waals surface area contributed by atoms with E-state index in [0.717, 1.165) is 16.5 Å². The molecule has 0 N–H and O–H groups in total. The van der Waals surface area contributed by atoms with Crippen molar-refractivity contribution in [2.75, 3.05) is 6.61 Å². The van der Waals surface area contributed by atoms with Gasteiger partial charge in [-0.05, 0) is 41.8 Å². The van der Waals surface area contributed by atoms with E-state index in [1.54, 1.807) is 0 Å². The summed E-state index contributed by atoms with van der Waals surface area (Å²) in [5.74, 6) is 0. The third-order valence-corrected chi connectivity index (χ3v) is 4.65. The van der Waals surface area contributed by atoms with E-state index in [1.807, 2.05) is 30.3 Å². The second-order valence-electron chi connectivity index (χ2n) is 5.39. The lowest BCUT2D eigenvalue weighted by Crippen LogP contribution is -2.28. The minimum absolute atomic E-state index is 0.0661. The fourth-order valence-corrected chi connectivity index (χ4v) is 3.22. The highest BCUT2D eigenvalue weighted by Gasteiger charge is 2.42. The van der Waals surface area contributed by atoms with Crippen LogP contribution in [0, 0.1) is 0 Å². The summed E-state index contributed by atoms with van der Waals surface area (Å²) in [6, 6.07) is 16.0. The van der Waals surface area contributed by atoms with Gasteiger partial charge >= 0.3 is 0 Å². The standard InChI is InChI=1S/C18H16Cl2O/c1-2-17-11-18(12-21-17,13-3-7-15(19)8-4-13)14-5-9-16(20)10-6-14/h2-10,17H,1,11-12H2/t17-/m1/s1. The molecule has 1 saturated heterocycles. The maximum atomic E-state index is 6.02. The molecule has 3 rings (SSSR count). The highest BCUT2D eigenvalue weighted by molar-refractivity contribution is 6.30. The molecule has 2 aromatic carbocycles. The first-order chi connectivity index (χ1) is 10.1. The average Bonchev–Trinajstić information content (AvgIpc) is 2.94. The number of benzene rings is 2. The van der Waals surface area contributed by atoms with E-state index in [-0.39, 0.29) is 11.5 Å². The summed E-state index contributed by atoms with van der Waals surface area (Å²) in [4.78, 5) is 0. The first-order valence-electron chi connectivity index (χ1n) is 6.90. The smallest absolute Gasteiger partial charge is 0.0766 e. The number of hydrogen-bond donors (Lipinski definition) is 0. The summed E-state index contributed by atoms with van der Waals surface area (Å²) >= 11 is 12.0. The molecular formula is C18H16Cl2O. The third-order valence-electron chi connectivity index (χ3n) is 4.15. The maximum Gasteiger partial charge on any atom is 0.0766 e.